The predicted octanol–water partition coefficient (Wildman–Crippen LogP) is 0.612. The molecule has 0 saturated heterocycles. The van der Waals surface area contributed by atoms with Crippen molar-refractivity contribution in [1.82, 2.24) is 0 Å². The van der Waals surface area contributed by atoms with E-state index < -0.39 is 0 Å². The van der Waals surface area contributed by atoms with Crippen molar-refractivity contribution in [3.8, 4) is 6.07 Å². The van der Waals surface area contributed by atoms with Gasteiger partial charge in [-0.15, -0.1) is 0 Å². The van der Waals surface area contributed by atoms with Crippen LogP contribution in [-0.4, -0.2) is 16.1 Å². The smallest absolute Gasteiger partial charge is 0.146 e. The Morgan fingerprint density at radius 2 is 2.20 bits per heavy atom. The third-order valence-corrected chi connectivity index (χ3v) is 2.98. The number of rotatable bonds is 3. The van der Waals surface area contributed by atoms with Gasteiger partial charge in [-0.05, 0) is 20.3 Å². The molecule has 0 spiro atoms. The van der Waals surface area contributed by atoms with Crippen molar-refractivity contribution in [3.05, 3.63) is 0 Å². The SMILES string of the molecule is CCC(C#N)C(C)(C)O[SiH3]. The third-order valence-electron chi connectivity index (χ3n) is 1.93. The first-order valence-corrected chi connectivity index (χ1v) is 4.35. The van der Waals surface area contributed by atoms with Crippen LogP contribution >= 0.6 is 0 Å². The molecule has 0 fully saturated rings. The molecule has 0 aliphatic heterocycles. The van der Waals surface area contributed by atoms with Crippen LogP contribution in [0.1, 0.15) is 27.2 Å². The second kappa shape index (κ2) is 3.74. The summed E-state index contributed by atoms with van der Waals surface area (Å²) in [5, 5.41) is 8.68. The Kier molecular flexibility index (Phi) is 3.62. The van der Waals surface area contributed by atoms with Crippen molar-refractivity contribution in [2.75, 3.05) is 0 Å². The average molecular weight is 157 g/mol. The van der Waals surface area contributed by atoms with Gasteiger partial charge in [0.2, 0.25) is 0 Å². The first-order chi connectivity index (χ1) is 4.58. The van der Waals surface area contributed by atoms with Crippen LogP contribution < -0.4 is 0 Å². The second-order valence-electron chi connectivity index (χ2n) is 2.90. The monoisotopic (exact) mass is 157 g/mol. The normalized spacial score (nSPS) is 14.6. The van der Waals surface area contributed by atoms with Crippen LogP contribution in [0.3, 0.4) is 0 Å². The Hall–Kier alpha value is -0.333. The van der Waals surface area contributed by atoms with Crippen LogP contribution in [0.2, 0.25) is 0 Å². The minimum Gasteiger partial charge on any atom is -0.422 e. The molecule has 0 aliphatic carbocycles. The van der Waals surface area contributed by atoms with Gasteiger partial charge in [0.15, 0.2) is 0 Å². The second-order valence-corrected chi connectivity index (χ2v) is 3.31. The molecule has 0 bridgehead atoms. The molecule has 0 saturated carbocycles. The minimum absolute atomic E-state index is 0.0324. The summed E-state index contributed by atoms with van der Waals surface area (Å²) in [5.74, 6) is 0.0324. The molecule has 0 aliphatic rings. The zero-order chi connectivity index (χ0) is 8.20. The summed E-state index contributed by atoms with van der Waals surface area (Å²) >= 11 is 0. The predicted molar refractivity (Wildman–Crippen MR) is 44.5 cm³/mol. The summed E-state index contributed by atoms with van der Waals surface area (Å²) in [6, 6.07) is 2.24. The van der Waals surface area contributed by atoms with Gasteiger partial charge in [0, 0.05) is 0 Å². The summed E-state index contributed by atoms with van der Waals surface area (Å²) in [4.78, 5) is 0. The Morgan fingerprint density at radius 1 is 1.70 bits per heavy atom. The van der Waals surface area contributed by atoms with Gasteiger partial charge < -0.3 is 4.43 Å². The van der Waals surface area contributed by atoms with Crippen LogP contribution in [0, 0.1) is 17.2 Å². The van der Waals surface area contributed by atoms with Gasteiger partial charge in [0.1, 0.15) is 10.5 Å². The highest BCUT2D eigenvalue weighted by Crippen LogP contribution is 2.21. The Labute approximate surface area is 65.7 Å². The fourth-order valence-electron chi connectivity index (χ4n) is 0.881. The molecular weight excluding hydrogens is 142 g/mol. The van der Waals surface area contributed by atoms with E-state index in [4.69, 9.17) is 9.69 Å². The van der Waals surface area contributed by atoms with E-state index in [1.54, 1.807) is 0 Å². The molecule has 10 heavy (non-hydrogen) atoms. The van der Waals surface area contributed by atoms with Crippen molar-refractivity contribution in [3.63, 3.8) is 0 Å². The summed E-state index contributed by atoms with van der Waals surface area (Å²) < 4.78 is 5.30. The van der Waals surface area contributed by atoms with Crippen LogP contribution in [-0.2, 0) is 4.43 Å². The molecule has 2 nitrogen and oxygen atoms in total. The van der Waals surface area contributed by atoms with Crippen LogP contribution in [0.15, 0.2) is 0 Å². The van der Waals surface area contributed by atoms with Gasteiger partial charge >= 0.3 is 0 Å². The largest absolute Gasteiger partial charge is 0.422 e. The van der Waals surface area contributed by atoms with Gasteiger partial charge in [-0.25, -0.2) is 0 Å². The topological polar surface area (TPSA) is 33.0 Å². The van der Waals surface area contributed by atoms with E-state index in [1.165, 1.54) is 0 Å². The molecule has 58 valence electrons. The summed E-state index contributed by atoms with van der Waals surface area (Å²) in [6.45, 7) is 5.95. The number of nitrogens with zero attached hydrogens (tertiary/aromatic N) is 1. The molecular formula is C7H15NOSi. The highest BCUT2D eigenvalue weighted by molar-refractivity contribution is 5.98. The summed E-state index contributed by atoms with van der Waals surface area (Å²) in [5.41, 5.74) is -0.240. The fourth-order valence-corrected chi connectivity index (χ4v) is 1.17. The van der Waals surface area contributed by atoms with Gasteiger partial charge in [0.05, 0.1) is 17.6 Å². The van der Waals surface area contributed by atoms with Gasteiger partial charge in [-0.1, -0.05) is 6.92 Å². The van der Waals surface area contributed by atoms with Gasteiger partial charge in [-0.3, -0.25) is 0 Å². The molecule has 0 radical (unpaired) electrons. The molecule has 0 amide bonds. The molecule has 1 atom stereocenters. The Balaban J connectivity index is 4.15. The lowest BCUT2D eigenvalue weighted by Crippen LogP contribution is -2.32. The molecule has 1 unspecified atom stereocenters. The van der Waals surface area contributed by atoms with E-state index in [2.05, 4.69) is 6.07 Å². The number of hydrogen-bond acceptors (Lipinski definition) is 2. The Bertz CT molecular complexity index is 139. The standard InChI is InChI=1S/C7H15NOSi/c1-4-6(5-8)7(2,3)9-10/h6H,4H2,1-3,10H3. The van der Waals surface area contributed by atoms with E-state index in [0.29, 0.717) is 10.5 Å². The zero-order valence-corrected chi connectivity index (χ0v) is 9.14. The van der Waals surface area contributed by atoms with E-state index in [9.17, 15) is 0 Å². The van der Waals surface area contributed by atoms with Gasteiger partial charge in [0.25, 0.3) is 0 Å². The number of hydrogen-bond donors (Lipinski definition) is 0. The molecule has 0 rings (SSSR count). The van der Waals surface area contributed by atoms with Crippen molar-refractivity contribution in [1.29, 1.82) is 5.26 Å². The maximum absolute atomic E-state index is 8.68. The minimum atomic E-state index is -0.240. The fraction of sp³-hybridized carbons (Fsp3) is 0.857. The zero-order valence-electron chi connectivity index (χ0n) is 7.14. The van der Waals surface area contributed by atoms with Crippen LogP contribution in [0.4, 0.5) is 0 Å². The molecule has 3 heteroatoms. The van der Waals surface area contributed by atoms with Gasteiger partial charge in [-0.2, -0.15) is 5.26 Å². The lowest BCUT2D eigenvalue weighted by Gasteiger charge is -2.27. The molecule has 0 aromatic carbocycles. The first-order valence-electron chi connectivity index (χ1n) is 3.53. The van der Waals surface area contributed by atoms with E-state index in [0.717, 1.165) is 6.42 Å². The maximum atomic E-state index is 8.68. The highest BCUT2D eigenvalue weighted by atomic mass is 28.2. The summed E-state index contributed by atoms with van der Waals surface area (Å²) in [7, 11) is 0.703. The van der Waals surface area contributed by atoms with Crippen LogP contribution in [0.5, 0.6) is 0 Å². The van der Waals surface area contributed by atoms with Crippen LogP contribution in [0.25, 0.3) is 0 Å². The van der Waals surface area contributed by atoms with E-state index in [-0.39, 0.29) is 11.5 Å². The van der Waals surface area contributed by atoms with Crippen molar-refractivity contribution in [2.24, 2.45) is 5.92 Å². The summed E-state index contributed by atoms with van der Waals surface area (Å²) in [6.07, 6.45) is 0.867. The van der Waals surface area contributed by atoms with Crippen molar-refractivity contribution >= 4 is 10.5 Å². The lowest BCUT2D eigenvalue weighted by atomic mass is 9.90. The van der Waals surface area contributed by atoms with Crippen molar-refractivity contribution < 1.29 is 4.43 Å². The third kappa shape index (κ3) is 2.12. The molecule has 0 heterocycles. The molecule has 0 aromatic heterocycles. The van der Waals surface area contributed by atoms with E-state index in [1.807, 2.05) is 20.8 Å². The maximum Gasteiger partial charge on any atom is 0.146 e. The molecule has 0 N–H and O–H groups in total. The first kappa shape index (κ1) is 9.67. The molecule has 0 aromatic rings. The Morgan fingerprint density at radius 3 is 2.30 bits per heavy atom. The highest BCUT2D eigenvalue weighted by Gasteiger charge is 2.26. The van der Waals surface area contributed by atoms with Crippen molar-refractivity contribution in [2.45, 2.75) is 32.8 Å². The number of nitriles is 1. The van der Waals surface area contributed by atoms with E-state index >= 15 is 0 Å². The average Bonchev–Trinajstić information content (AvgIpc) is 1.90. The quantitative estimate of drug-likeness (QED) is 0.562. The lowest BCUT2D eigenvalue weighted by molar-refractivity contribution is 0.0770.